The van der Waals surface area contributed by atoms with E-state index in [1.165, 1.54) is 0 Å². The molecule has 3 rings (SSSR count). The number of benzene rings is 2. The summed E-state index contributed by atoms with van der Waals surface area (Å²) in [5, 5.41) is 16.8. The Hall–Kier alpha value is -2.37. The van der Waals surface area contributed by atoms with Gasteiger partial charge in [-0.1, -0.05) is 43.3 Å². The maximum absolute atomic E-state index is 10.4. The summed E-state index contributed by atoms with van der Waals surface area (Å²) in [5.41, 5.74) is 1.14. The fourth-order valence-corrected chi connectivity index (χ4v) is 2.98. The van der Waals surface area contributed by atoms with E-state index in [0.29, 0.717) is 6.54 Å². The van der Waals surface area contributed by atoms with Crippen molar-refractivity contribution < 1.29 is 9.84 Å². The summed E-state index contributed by atoms with van der Waals surface area (Å²) >= 11 is 0. The molecule has 0 spiro atoms. The standard InChI is InChI=1S/C20H25N3O2/c1-3-23(13-16-11-21-22(2)12-16)14-18(24)15-25-20-10-6-8-17-7-4-5-9-19(17)20/h4-12,18,24H,3,13-15H2,1-2H3. The van der Waals surface area contributed by atoms with E-state index in [4.69, 9.17) is 4.74 Å². The van der Waals surface area contributed by atoms with Crippen molar-refractivity contribution in [3.63, 3.8) is 0 Å². The average Bonchev–Trinajstić information content (AvgIpc) is 3.04. The lowest BCUT2D eigenvalue weighted by Gasteiger charge is -2.23. The molecule has 0 saturated carbocycles. The number of fused-ring (bicyclic) bond motifs is 1. The third-order valence-corrected chi connectivity index (χ3v) is 4.26. The molecule has 0 bridgehead atoms. The number of nitrogens with zero attached hydrogens (tertiary/aromatic N) is 3. The van der Waals surface area contributed by atoms with E-state index in [1.807, 2.05) is 49.8 Å². The molecule has 5 heteroatoms. The lowest BCUT2D eigenvalue weighted by atomic mass is 10.1. The van der Waals surface area contributed by atoms with Crippen molar-refractivity contribution in [3.05, 3.63) is 60.4 Å². The van der Waals surface area contributed by atoms with Crippen LogP contribution in [-0.4, -0.2) is 45.6 Å². The van der Waals surface area contributed by atoms with Crippen LogP contribution in [0, 0.1) is 0 Å². The Kier molecular flexibility index (Phi) is 5.68. The van der Waals surface area contributed by atoms with Gasteiger partial charge in [0.1, 0.15) is 18.5 Å². The average molecular weight is 339 g/mol. The maximum atomic E-state index is 10.4. The third kappa shape index (κ3) is 4.59. The normalized spacial score (nSPS) is 12.6. The summed E-state index contributed by atoms with van der Waals surface area (Å²) in [6.07, 6.45) is 3.32. The molecule has 1 N–H and O–H groups in total. The number of likely N-dealkylation sites (N-methyl/N-ethyl adjacent to an activating group) is 1. The Labute approximate surface area is 148 Å². The largest absolute Gasteiger partial charge is 0.490 e. The molecule has 0 aliphatic carbocycles. The van der Waals surface area contributed by atoms with Crippen molar-refractivity contribution in [2.24, 2.45) is 7.05 Å². The van der Waals surface area contributed by atoms with Gasteiger partial charge < -0.3 is 9.84 Å². The molecule has 1 heterocycles. The lowest BCUT2D eigenvalue weighted by molar-refractivity contribution is 0.0680. The second-order valence-corrected chi connectivity index (χ2v) is 6.29. The minimum Gasteiger partial charge on any atom is -0.490 e. The van der Waals surface area contributed by atoms with Crippen LogP contribution in [0.5, 0.6) is 5.75 Å². The van der Waals surface area contributed by atoms with E-state index in [0.717, 1.165) is 35.2 Å². The highest BCUT2D eigenvalue weighted by molar-refractivity contribution is 5.88. The lowest BCUT2D eigenvalue weighted by Crippen LogP contribution is -2.35. The molecule has 5 nitrogen and oxygen atoms in total. The molecule has 1 unspecified atom stereocenters. The number of aromatic nitrogens is 2. The summed E-state index contributed by atoms with van der Waals surface area (Å²) < 4.78 is 7.68. The van der Waals surface area contributed by atoms with Crippen LogP contribution in [0.25, 0.3) is 10.8 Å². The zero-order valence-electron chi connectivity index (χ0n) is 14.8. The first-order chi connectivity index (χ1) is 12.2. The monoisotopic (exact) mass is 339 g/mol. The van der Waals surface area contributed by atoms with Crippen molar-refractivity contribution in [2.75, 3.05) is 19.7 Å². The number of aliphatic hydroxyl groups is 1. The van der Waals surface area contributed by atoms with Crippen LogP contribution < -0.4 is 4.74 Å². The summed E-state index contributed by atoms with van der Waals surface area (Å²) in [6.45, 7) is 4.57. The van der Waals surface area contributed by atoms with E-state index in [1.54, 1.807) is 4.68 Å². The second kappa shape index (κ2) is 8.14. The van der Waals surface area contributed by atoms with Gasteiger partial charge in [0.05, 0.1) is 6.20 Å². The molecule has 25 heavy (non-hydrogen) atoms. The van der Waals surface area contributed by atoms with Crippen molar-refractivity contribution >= 4 is 10.8 Å². The van der Waals surface area contributed by atoms with Gasteiger partial charge in [-0.15, -0.1) is 0 Å². The quantitative estimate of drug-likeness (QED) is 0.686. The summed E-state index contributed by atoms with van der Waals surface area (Å²) in [7, 11) is 1.91. The van der Waals surface area contributed by atoms with Gasteiger partial charge in [0, 0.05) is 37.3 Å². The number of hydrogen-bond acceptors (Lipinski definition) is 4. The van der Waals surface area contributed by atoms with Gasteiger partial charge in [-0.2, -0.15) is 5.10 Å². The van der Waals surface area contributed by atoms with E-state index in [9.17, 15) is 5.11 Å². The minimum atomic E-state index is -0.546. The zero-order chi connectivity index (χ0) is 17.6. The molecule has 0 radical (unpaired) electrons. The van der Waals surface area contributed by atoms with E-state index >= 15 is 0 Å². The highest BCUT2D eigenvalue weighted by Gasteiger charge is 2.13. The Bertz CT molecular complexity index is 810. The van der Waals surface area contributed by atoms with Gasteiger partial charge in [-0.3, -0.25) is 9.58 Å². The zero-order valence-corrected chi connectivity index (χ0v) is 14.8. The van der Waals surface area contributed by atoms with Crippen LogP contribution in [0.3, 0.4) is 0 Å². The number of rotatable bonds is 8. The Morgan fingerprint density at radius 3 is 2.76 bits per heavy atom. The fraction of sp³-hybridized carbons (Fsp3) is 0.350. The Morgan fingerprint density at radius 1 is 1.20 bits per heavy atom. The molecular weight excluding hydrogens is 314 g/mol. The van der Waals surface area contributed by atoms with Crippen LogP contribution in [0.2, 0.25) is 0 Å². The van der Waals surface area contributed by atoms with Crippen LogP contribution in [-0.2, 0) is 13.6 Å². The SMILES string of the molecule is CCN(Cc1cnn(C)c1)CC(O)COc1cccc2ccccc12. The predicted molar refractivity (Wildman–Crippen MR) is 99.6 cm³/mol. The highest BCUT2D eigenvalue weighted by Crippen LogP contribution is 2.25. The van der Waals surface area contributed by atoms with Crippen molar-refractivity contribution in [1.29, 1.82) is 0 Å². The van der Waals surface area contributed by atoms with Gasteiger partial charge in [-0.05, 0) is 18.0 Å². The molecule has 1 atom stereocenters. The summed E-state index contributed by atoms with van der Waals surface area (Å²) in [5.74, 6) is 0.812. The first-order valence-corrected chi connectivity index (χ1v) is 8.64. The first-order valence-electron chi connectivity index (χ1n) is 8.64. The van der Waals surface area contributed by atoms with E-state index in [-0.39, 0.29) is 6.61 Å². The van der Waals surface area contributed by atoms with Crippen molar-refractivity contribution in [2.45, 2.75) is 19.6 Å². The van der Waals surface area contributed by atoms with Crippen LogP contribution in [0.4, 0.5) is 0 Å². The molecule has 0 aliphatic heterocycles. The Morgan fingerprint density at radius 2 is 2.00 bits per heavy atom. The topological polar surface area (TPSA) is 50.5 Å². The van der Waals surface area contributed by atoms with Gasteiger partial charge >= 0.3 is 0 Å². The molecule has 3 aromatic rings. The van der Waals surface area contributed by atoms with Gasteiger partial charge in [0.25, 0.3) is 0 Å². The van der Waals surface area contributed by atoms with Crippen molar-refractivity contribution in [3.8, 4) is 5.75 Å². The molecule has 0 fully saturated rings. The second-order valence-electron chi connectivity index (χ2n) is 6.29. The number of ether oxygens (including phenoxy) is 1. The molecule has 132 valence electrons. The van der Waals surface area contributed by atoms with Gasteiger partial charge in [0.15, 0.2) is 0 Å². The van der Waals surface area contributed by atoms with Crippen LogP contribution in [0.1, 0.15) is 12.5 Å². The molecule has 1 aromatic heterocycles. The van der Waals surface area contributed by atoms with Crippen LogP contribution in [0.15, 0.2) is 54.9 Å². The summed E-state index contributed by atoms with van der Waals surface area (Å²) in [4.78, 5) is 2.19. The molecular formula is C20H25N3O2. The first kappa shape index (κ1) is 17.5. The summed E-state index contributed by atoms with van der Waals surface area (Å²) in [6, 6.07) is 14.1. The Balaban J connectivity index is 1.57. The smallest absolute Gasteiger partial charge is 0.127 e. The van der Waals surface area contributed by atoms with Gasteiger partial charge in [-0.25, -0.2) is 0 Å². The van der Waals surface area contributed by atoms with Crippen molar-refractivity contribution in [1.82, 2.24) is 14.7 Å². The number of aliphatic hydroxyl groups excluding tert-OH is 1. The molecule has 0 aliphatic rings. The van der Waals surface area contributed by atoms with E-state index in [2.05, 4.69) is 29.1 Å². The fourth-order valence-electron chi connectivity index (χ4n) is 2.98. The minimum absolute atomic E-state index is 0.275. The number of hydrogen-bond donors (Lipinski definition) is 1. The predicted octanol–water partition coefficient (Wildman–Crippen LogP) is 2.84. The van der Waals surface area contributed by atoms with E-state index < -0.39 is 6.10 Å². The number of aryl methyl sites for hydroxylation is 1. The molecule has 0 amide bonds. The third-order valence-electron chi connectivity index (χ3n) is 4.26. The van der Waals surface area contributed by atoms with Crippen LogP contribution >= 0.6 is 0 Å². The highest BCUT2D eigenvalue weighted by atomic mass is 16.5. The van der Waals surface area contributed by atoms with Gasteiger partial charge in [0.2, 0.25) is 0 Å². The molecule has 0 saturated heterocycles. The maximum Gasteiger partial charge on any atom is 0.127 e. The molecule has 2 aromatic carbocycles.